The molecule has 2 aliphatic rings. The molecule has 5 nitrogen and oxygen atoms in total. The molecule has 0 amide bonds. The molecule has 0 aromatic heterocycles. The molecular weight excluding hydrogens is 346 g/mol. The predicted octanol–water partition coefficient (Wildman–Crippen LogP) is 5.02. The van der Waals surface area contributed by atoms with Gasteiger partial charge in [0.25, 0.3) is 5.69 Å². The number of hydrogen-bond acceptors (Lipinski definition) is 5. The zero-order valence-corrected chi connectivity index (χ0v) is 15.9. The number of anilines is 2. The Bertz CT molecular complexity index is 822. The van der Waals surface area contributed by atoms with Crippen molar-refractivity contribution < 1.29 is 4.92 Å². The highest BCUT2D eigenvalue weighted by atomic mass is 32.2. The Morgan fingerprint density at radius 2 is 1.85 bits per heavy atom. The summed E-state index contributed by atoms with van der Waals surface area (Å²) in [6, 6.07) is 13.6. The average molecular weight is 369 g/mol. The summed E-state index contributed by atoms with van der Waals surface area (Å²) in [5.74, 6) is 0.896. The first kappa shape index (κ1) is 18.3. The number of rotatable bonds is 3. The monoisotopic (exact) mass is 369 g/mol. The Morgan fingerprint density at radius 3 is 2.58 bits per heavy atom. The lowest BCUT2D eigenvalue weighted by Crippen LogP contribution is -2.25. The summed E-state index contributed by atoms with van der Waals surface area (Å²) in [6.07, 6.45) is 4.41. The maximum absolute atomic E-state index is 10.5. The van der Waals surface area contributed by atoms with Gasteiger partial charge in [0.2, 0.25) is 0 Å². The quantitative estimate of drug-likeness (QED) is 0.561. The van der Waals surface area contributed by atoms with Crippen LogP contribution in [0, 0.1) is 10.1 Å². The van der Waals surface area contributed by atoms with E-state index in [1.165, 1.54) is 11.3 Å². The summed E-state index contributed by atoms with van der Waals surface area (Å²) in [7, 11) is 0. The number of thioether (sulfide) groups is 1. The fraction of sp³-hybridized carbons (Fsp3) is 0.300. The molecule has 0 N–H and O–H groups in total. The highest BCUT2D eigenvalue weighted by molar-refractivity contribution is 7.99. The first-order chi connectivity index (χ1) is 12.6. The zero-order chi connectivity index (χ0) is 18.5. The number of nitrogens with zero attached hydrogens (tertiary/aromatic N) is 3. The van der Waals surface area contributed by atoms with Crippen LogP contribution in [0.5, 0.6) is 0 Å². The van der Waals surface area contributed by atoms with Crippen molar-refractivity contribution in [3.63, 3.8) is 0 Å². The molecule has 0 radical (unpaired) electrons. The molecule has 0 saturated carbocycles. The van der Waals surface area contributed by atoms with Crippen LogP contribution in [0.4, 0.5) is 17.1 Å². The lowest BCUT2D eigenvalue weighted by molar-refractivity contribution is -0.385. The van der Waals surface area contributed by atoms with Crippen LogP contribution >= 0.6 is 11.8 Å². The normalized spacial score (nSPS) is 14.4. The molecule has 6 heteroatoms. The van der Waals surface area contributed by atoms with Crippen LogP contribution in [0.15, 0.2) is 53.4 Å². The summed E-state index contributed by atoms with van der Waals surface area (Å²) in [5.41, 5.74) is 3.99. The van der Waals surface area contributed by atoms with E-state index in [4.69, 9.17) is 0 Å². The Balaban J connectivity index is 0.000000152. The van der Waals surface area contributed by atoms with Crippen molar-refractivity contribution in [2.75, 3.05) is 35.3 Å². The lowest BCUT2D eigenvalue weighted by atomic mass is 10.1. The molecule has 4 rings (SSSR count). The van der Waals surface area contributed by atoms with E-state index >= 15 is 0 Å². The Morgan fingerprint density at radius 1 is 1.08 bits per heavy atom. The van der Waals surface area contributed by atoms with Gasteiger partial charge in [-0.3, -0.25) is 10.1 Å². The second kappa shape index (κ2) is 8.27. The van der Waals surface area contributed by atoms with Crippen molar-refractivity contribution in [1.82, 2.24) is 0 Å². The average Bonchev–Trinajstić information content (AvgIpc) is 3.10. The maximum Gasteiger partial charge on any atom is 0.270 e. The van der Waals surface area contributed by atoms with Crippen LogP contribution in [-0.4, -0.2) is 30.4 Å². The van der Waals surface area contributed by atoms with E-state index in [0.717, 1.165) is 36.1 Å². The summed E-state index contributed by atoms with van der Waals surface area (Å²) in [5, 5.41) is 10.5. The standard InChI is InChI=1S/C11H13N.C9H10N2O2S/c1-2-12-9-5-7-10-6-3-4-8-11(10)12;1-2-10-6-14-9-5-7(11(12)13)3-4-8(9)10/h3-8H,2,9H2,1H3;3-5H,2,6H2,1H3. The number of likely N-dealkylation sites (N-methyl/N-ethyl adjacent to an activating group) is 1. The molecule has 2 aromatic carbocycles. The van der Waals surface area contributed by atoms with Crippen molar-refractivity contribution in [2.24, 2.45) is 0 Å². The number of hydrogen-bond donors (Lipinski definition) is 0. The van der Waals surface area contributed by atoms with E-state index in [1.54, 1.807) is 23.9 Å². The SMILES string of the molecule is CCN1CC=Cc2ccccc21.CCN1CSc2cc([N+](=O)[O-])ccc21. The summed E-state index contributed by atoms with van der Waals surface area (Å²) in [6.45, 7) is 7.35. The lowest BCUT2D eigenvalue weighted by Gasteiger charge is -2.26. The fourth-order valence-electron chi connectivity index (χ4n) is 3.09. The molecule has 0 unspecified atom stereocenters. The van der Waals surface area contributed by atoms with E-state index < -0.39 is 0 Å². The highest BCUT2D eigenvalue weighted by Crippen LogP contribution is 2.40. The molecule has 0 aliphatic carbocycles. The Hall–Kier alpha value is -2.47. The molecule has 2 heterocycles. The largest absolute Gasteiger partial charge is 0.368 e. The highest BCUT2D eigenvalue weighted by Gasteiger charge is 2.20. The number of fused-ring (bicyclic) bond motifs is 2. The minimum absolute atomic E-state index is 0.175. The zero-order valence-electron chi connectivity index (χ0n) is 15.1. The molecule has 0 bridgehead atoms. The molecule has 2 aliphatic heterocycles. The molecule has 0 fully saturated rings. The van der Waals surface area contributed by atoms with Crippen molar-refractivity contribution in [1.29, 1.82) is 0 Å². The second-order valence-corrected chi connectivity index (χ2v) is 7.03. The van der Waals surface area contributed by atoms with Gasteiger partial charge in [0, 0.05) is 42.3 Å². The van der Waals surface area contributed by atoms with E-state index in [9.17, 15) is 10.1 Å². The minimum atomic E-state index is -0.352. The van der Waals surface area contributed by atoms with Crippen molar-refractivity contribution in [3.8, 4) is 0 Å². The maximum atomic E-state index is 10.5. The van der Waals surface area contributed by atoms with Gasteiger partial charge in [-0.25, -0.2) is 0 Å². The molecule has 0 spiro atoms. The number of benzene rings is 2. The number of nitro benzene ring substituents is 1. The van der Waals surface area contributed by atoms with Crippen LogP contribution < -0.4 is 9.80 Å². The molecular formula is C20H23N3O2S. The van der Waals surface area contributed by atoms with Gasteiger partial charge in [-0.15, -0.1) is 11.8 Å². The summed E-state index contributed by atoms with van der Waals surface area (Å²) >= 11 is 1.65. The summed E-state index contributed by atoms with van der Waals surface area (Å²) < 4.78 is 0. The van der Waals surface area contributed by atoms with Gasteiger partial charge in [0.15, 0.2) is 0 Å². The smallest absolute Gasteiger partial charge is 0.270 e. The van der Waals surface area contributed by atoms with Gasteiger partial charge in [-0.1, -0.05) is 30.4 Å². The first-order valence-corrected chi connectivity index (χ1v) is 9.79. The van der Waals surface area contributed by atoms with E-state index in [1.807, 2.05) is 6.07 Å². The molecule has 0 atom stereocenters. The molecule has 26 heavy (non-hydrogen) atoms. The second-order valence-electron chi connectivity index (χ2n) is 6.04. The van der Waals surface area contributed by atoms with Gasteiger partial charge in [0.1, 0.15) is 0 Å². The minimum Gasteiger partial charge on any atom is -0.368 e. The number of non-ortho nitro benzene ring substituents is 1. The van der Waals surface area contributed by atoms with E-state index in [0.29, 0.717) is 0 Å². The van der Waals surface area contributed by atoms with E-state index in [-0.39, 0.29) is 10.6 Å². The van der Waals surface area contributed by atoms with Crippen LogP contribution in [0.1, 0.15) is 19.4 Å². The van der Waals surface area contributed by atoms with E-state index in [2.05, 4.69) is 60.1 Å². The first-order valence-electron chi connectivity index (χ1n) is 8.80. The van der Waals surface area contributed by atoms with Gasteiger partial charge in [0.05, 0.1) is 16.5 Å². The van der Waals surface area contributed by atoms with Crippen LogP contribution in [0.2, 0.25) is 0 Å². The molecule has 0 saturated heterocycles. The molecule has 2 aromatic rings. The van der Waals surface area contributed by atoms with Gasteiger partial charge in [-0.2, -0.15) is 0 Å². The van der Waals surface area contributed by atoms with Crippen molar-refractivity contribution in [3.05, 3.63) is 64.2 Å². The third kappa shape index (κ3) is 3.85. The third-order valence-electron chi connectivity index (χ3n) is 4.53. The number of nitro groups is 1. The predicted molar refractivity (Wildman–Crippen MR) is 110 cm³/mol. The van der Waals surface area contributed by atoms with Crippen LogP contribution in [0.3, 0.4) is 0 Å². The van der Waals surface area contributed by atoms with Crippen LogP contribution in [-0.2, 0) is 0 Å². The van der Waals surface area contributed by atoms with Gasteiger partial charge < -0.3 is 9.80 Å². The number of para-hydroxylation sites is 1. The van der Waals surface area contributed by atoms with Crippen LogP contribution in [0.25, 0.3) is 6.08 Å². The van der Waals surface area contributed by atoms with Crippen molar-refractivity contribution in [2.45, 2.75) is 18.7 Å². The molecule has 136 valence electrons. The Labute approximate surface area is 158 Å². The third-order valence-corrected chi connectivity index (χ3v) is 5.61. The Kier molecular flexibility index (Phi) is 5.83. The summed E-state index contributed by atoms with van der Waals surface area (Å²) in [4.78, 5) is 15.8. The topological polar surface area (TPSA) is 49.6 Å². The van der Waals surface area contributed by atoms with Crippen molar-refractivity contribution >= 4 is 34.9 Å². The van der Waals surface area contributed by atoms with Gasteiger partial charge in [-0.05, 0) is 31.5 Å². The fourth-order valence-corrected chi connectivity index (χ4v) is 4.26. The van der Waals surface area contributed by atoms with Gasteiger partial charge >= 0.3 is 0 Å².